The minimum atomic E-state index is 0.882. The molecule has 0 aliphatic rings. The maximum Gasteiger partial charge on any atom is 0.0931 e. The lowest BCUT2D eigenvalue weighted by molar-refractivity contribution is 0.326. The fraction of sp³-hybridized carbons (Fsp3) is 0.714. The Hall–Kier alpha value is -0.0900. The van der Waals surface area contributed by atoms with Crippen molar-refractivity contribution >= 4 is 22.9 Å². The fourth-order valence-corrected chi connectivity index (χ4v) is 3.02. The zero-order chi connectivity index (χ0) is 13.2. The summed E-state index contributed by atoms with van der Waals surface area (Å²) in [5, 5.41) is 3.50. The number of likely N-dealkylation sites (N-methyl/N-ethyl adjacent to an activating group) is 1. The van der Waals surface area contributed by atoms with Gasteiger partial charge in [-0.3, -0.25) is 0 Å². The van der Waals surface area contributed by atoms with Gasteiger partial charge in [0.2, 0.25) is 0 Å². The van der Waals surface area contributed by atoms with Gasteiger partial charge in [0.1, 0.15) is 0 Å². The molecule has 0 aliphatic carbocycles. The molecule has 1 N–H and O–H groups in total. The van der Waals surface area contributed by atoms with Gasteiger partial charge in [-0.25, -0.2) is 0 Å². The summed E-state index contributed by atoms with van der Waals surface area (Å²) < 4.78 is 0.882. The molecule has 1 aromatic rings. The van der Waals surface area contributed by atoms with Crippen LogP contribution in [0.4, 0.5) is 0 Å². The normalized spacial score (nSPS) is 11.3. The number of nitrogens with one attached hydrogen (secondary N) is 1. The van der Waals surface area contributed by atoms with E-state index in [0.29, 0.717) is 0 Å². The summed E-state index contributed by atoms with van der Waals surface area (Å²) in [6, 6.07) is 4.09. The molecule has 0 amide bonds. The Morgan fingerprint density at radius 1 is 1.22 bits per heavy atom. The summed E-state index contributed by atoms with van der Waals surface area (Å²) in [5.41, 5.74) is 0. The zero-order valence-electron chi connectivity index (χ0n) is 11.5. The topological polar surface area (TPSA) is 15.3 Å². The second kappa shape index (κ2) is 9.79. The molecule has 0 unspecified atom stereocenters. The molecular weight excluding hydrogens is 264 g/mol. The molecule has 18 heavy (non-hydrogen) atoms. The van der Waals surface area contributed by atoms with E-state index in [0.717, 1.165) is 30.5 Å². The lowest BCUT2D eigenvalue weighted by Gasteiger charge is -2.15. The molecule has 0 aromatic carbocycles. The Balaban J connectivity index is 1.98. The monoisotopic (exact) mass is 288 g/mol. The lowest BCUT2D eigenvalue weighted by Crippen LogP contribution is -2.29. The standard InChI is InChI=1S/C14H25ClN2S/c1-3-4-5-6-9-16-10-11-17(2)12-13-7-8-14(15)18-13/h7-8,16H,3-6,9-12H2,1-2H3. The van der Waals surface area contributed by atoms with E-state index in [1.165, 1.54) is 30.6 Å². The van der Waals surface area contributed by atoms with Crippen LogP contribution in [0.2, 0.25) is 4.34 Å². The number of hydrogen-bond acceptors (Lipinski definition) is 3. The van der Waals surface area contributed by atoms with Gasteiger partial charge in [0.15, 0.2) is 0 Å². The van der Waals surface area contributed by atoms with Crippen LogP contribution in [-0.4, -0.2) is 31.6 Å². The SMILES string of the molecule is CCCCCCNCCN(C)Cc1ccc(Cl)s1. The number of halogens is 1. The summed E-state index contributed by atoms with van der Waals surface area (Å²) >= 11 is 7.59. The van der Waals surface area contributed by atoms with Crippen LogP contribution in [0.5, 0.6) is 0 Å². The molecule has 0 fully saturated rings. The second-order valence-corrected chi connectivity index (χ2v) is 6.55. The Morgan fingerprint density at radius 3 is 2.72 bits per heavy atom. The fourth-order valence-electron chi connectivity index (χ4n) is 1.85. The third-order valence-corrected chi connectivity index (χ3v) is 4.15. The highest BCUT2D eigenvalue weighted by molar-refractivity contribution is 7.16. The highest BCUT2D eigenvalue weighted by Gasteiger charge is 2.02. The Bertz CT molecular complexity index is 314. The highest BCUT2D eigenvalue weighted by atomic mass is 35.5. The van der Waals surface area contributed by atoms with Crippen molar-refractivity contribution in [3.8, 4) is 0 Å². The van der Waals surface area contributed by atoms with E-state index >= 15 is 0 Å². The summed E-state index contributed by atoms with van der Waals surface area (Å²) in [6.45, 7) is 6.55. The van der Waals surface area contributed by atoms with E-state index in [-0.39, 0.29) is 0 Å². The van der Waals surface area contributed by atoms with Gasteiger partial charge in [-0.2, -0.15) is 0 Å². The van der Waals surface area contributed by atoms with Crippen LogP contribution in [0, 0.1) is 0 Å². The average Bonchev–Trinajstić information content (AvgIpc) is 2.73. The lowest BCUT2D eigenvalue weighted by atomic mass is 10.2. The molecule has 2 nitrogen and oxygen atoms in total. The Kier molecular flexibility index (Phi) is 8.68. The van der Waals surface area contributed by atoms with Gasteiger partial charge >= 0.3 is 0 Å². The third kappa shape index (κ3) is 7.37. The van der Waals surface area contributed by atoms with Crippen molar-refractivity contribution in [3.05, 3.63) is 21.3 Å². The molecule has 1 aromatic heterocycles. The molecule has 0 saturated heterocycles. The molecule has 0 bridgehead atoms. The zero-order valence-corrected chi connectivity index (χ0v) is 13.1. The van der Waals surface area contributed by atoms with Crippen molar-refractivity contribution in [1.82, 2.24) is 10.2 Å². The Morgan fingerprint density at radius 2 is 2.06 bits per heavy atom. The van der Waals surface area contributed by atoms with E-state index in [1.807, 2.05) is 6.07 Å². The molecule has 0 spiro atoms. The van der Waals surface area contributed by atoms with Crippen LogP contribution in [0.1, 0.15) is 37.5 Å². The average molecular weight is 289 g/mol. The molecule has 0 atom stereocenters. The van der Waals surface area contributed by atoms with Gasteiger partial charge in [0.05, 0.1) is 4.34 Å². The quantitative estimate of drug-likeness (QED) is 0.655. The molecule has 0 radical (unpaired) electrons. The first-order chi connectivity index (χ1) is 8.72. The molecule has 1 heterocycles. The maximum absolute atomic E-state index is 5.92. The summed E-state index contributed by atoms with van der Waals surface area (Å²) in [7, 11) is 2.16. The van der Waals surface area contributed by atoms with Crippen LogP contribution in [0.15, 0.2) is 12.1 Å². The molecular formula is C14H25ClN2S. The van der Waals surface area contributed by atoms with Crippen molar-refractivity contribution in [2.45, 2.75) is 39.2 Å². The van der Waals surface area contributed by atoms with Crippen molar-refractivity contribution in [2.75, 3.05) is 26.7 Å². The first-order valence-corrected chi connectivity index (χ1v) is 8.05. The number of thiophene rings is 1. The molecule has 0 aliphatic heterocycles. The number of hydrogen-bond donors (Lipinski definition) is 1. The second-order valence-electron chi connectivity index (χ2n) is 4.75. The number of rotatable bonds is 10. The van der Waals surface area contributed by atoms with E-state index in [2.05, 4.69) is 30.3 Å². The van der Waals surface area contributed by atoms with E-state index < -0.39 is 0 Å². The van der Waals surface area contributed by atoms with Gasteiger partial charge in [-0.15, -0.1) is 11.3 Å². The van der Waals surface area contributed by atoms with Crippen molar-refractivity contribution in [3.63, 3.8) is 0 Å². The minimum absolute atomic E-state index is 0.882. The van der Waals surface area contributed by atoms with Crippen LogP contribution in [0.25, 0.3) is 0 Å². The largest absolute Gasteiger partial charge is 0.315 e. The van der Waals surface area contributed by atoms with Crippen molar-refractivity contribution in [2.24, 2.45) is 0 Å². The number of nitrogens with zero attached hydrogens (tertiary/aromatic N) is 1. The predicted octanol–water partition coefficient (Wildman–Crippen LogP) is 4.00. The molecule has 104 valence electrons. The van der Waals surface area contributed by atoms with Gasteiger partial charge in [0, 0.05) is 24.5 Å². The van der Waals surface area contributed by atoms with Gasteiger partial charge < -0.3 is 10.2 Å². The minimum Gasteiger partial charge on any atom is -0.315 e. The van der Waals surface area contributed by atoms with Gasteiger partial charge in [0.25, 0.3) is 0 Å². The van der Waals surface area contributed by atoms with Crippen molar-refractivity contribution < 1.29 is 0 Å². The smallest absolute Gasteiger partial charge is 0.0931 e. The number of unbranched alkanes of at least 4 members (excludes halogenated alkanes) is 3. The third-order valence-electron chi connectivity index (χ3n) is 2.93. The first kappa shape index (κ1) is 16.0. The summed E-state index contributed by atoms with van der Waals surface area (Å²) in [4.78, 5) is 3.67. The molecule has 0 saturated carbocycles. The van der Waals surface area contributed by atoms with Crippen LogP contribution in [-0.2, 0) is 6.54 Å². The van der Waals surface area contributed by atoms with E-state index in [9.17, 15) is 0 Å². The summed E-state index contributed by atoms with van der Waals surface area (Å²) in [5.74, 6) is 0. The van der Waals surface area contributed by atoms with Crippen LogP contribution in [0.3, 0.4) is 0 Å². The predicted molar refractivity (Wildman–Crippen MR) is 82.7 cm³/mol. The molecule has 4 heteroatoms. The first-order valence-electron chi connectivity index (χ1n) is 6.86. The highest BCUT2D eigenvalue weighted by Crippen LogP contribution is 2.22. The van der Waals surface area contributed by atoms with E-state index in [4.69, 9.17) is 11.6 Å². The Labute approximate surface area is 120 Å². The van der Waals surface area contributed by atoms with Gasteiger partial charge in [-0.1, -0.05) is 37.8 Å². The van der Waals surface area contributed by atoms with Gasteiger partial charge in [-0.05, 0) is 32.1 Å². The van der Waals surface area contributed by atoms with E-state index in [1.54, 1.807) is 11.3 Å². The molecule has 1 rings (SSSR count). The summed E-state index contributed by atoms with van der Waals surface area (Å²) in [6.07, 6.45) is 5.33. The van der Waals surface area contributed by atoms with Crippen LogP contribution < -0.4 is 5.32 Å². The van der Waals surface area contributed by atoms with Crippen LogP contribution >= 0.6 is 22.9 Å². The van der Waals surface area contributed by atoms with Crippen molar-refractivity contribution in [1.29, 1.82) is 0 Å². The maximum atomic E-state index is 5.92.